The van der Waals surface area contributed by atoms with Gasteiger partial charge in [0.05, 0.1) is 13.2 Å². The molecule has 0 radical (unpaired) electrons. The van der Waals surface area contributed by atoms with E-state index in [1.54, 1.807) is 0 Å². The van der Waals surface area contributed by atoms with Gasteiger partial charge in [-0.05, 0) is 17.4 Å². The average Bonchev–Trinajstić information content (AvgIpc) is 2.63. The number of morpholine rings is 1. The molecule has 1 aliphatic heterocycles. The highest BCUT2D eigenvalue weighted by Gasteiger charge is 2.14. The predicted octanol–water partition coefficient (Wildman–Crippen LogP) is 2.54. The molecule has 1 aromatic rings. The van der Waals surface area contributed by atoms with Gasteiger partial charge in [-0.3, -0.25) is 9.89 Å². The Balaban J connectivity index is 0.00000312. The zero-order valence-electron chi connectivity index (χ0n) is 15.7. The van der Waals surface area contributed by atoms with Crippen LogP contribution < -0.4 is 10.6 Å². The molecule has 2 N–H and O–H groups in total. The summed E-state index contributed by atoms with van der Waals surface area (Å²) in [6, 6.07) is 10.6. The molecule has 0 saturated carbocycles. The summed E-state index contributed by atoms with van der Waals surface area (Å²) >= 11 is 0. The lowest BCUT2D eigenvalue weighted by Gasteiger charge is -2.29. The summed E-state index contributed by atoms with van der Waals surface area (Å²) in [5.41, 5.74) is 1.35. The highest BCUT2D eigenvalue weighted by Crippen LogP contribution is 2.12. The number of ether oxygens (including phenoxy) is 1. The number of benzene rings is 1. The van der Waals surface area contributed by atoms with E-state index in [1.165, 1.54) is 5.56 Å². The predicted molar refractivity (Wildman–Crippen MR) is 116 cm³/mol. The third kappa shape index (κ3) is 8.37. The van der Waals surface area contributed by atoms with Crippen molar-refractivity contribution in [3.05, 3.63) is 35.9 Å². The van der Waals surface area contributed by atoms with Gasteiger partial charge in [0.2, 0.25) is 0 Å². The van der Waals surface area contributed by atoms with Crippen LogP contribution in [0.4, 0.5) is 0 Å². The molecule has 2 rings (SSSR count). The van der Waals surface area contributed by atoms with E-state index in [1.807, 2.05) is 7.05 Å². The second-order valence-corrected chi connectivity index (χ2v) is 6.66. The molecular weight excluding hydrogens is 427 g/mol. The average molecular weight is 460 g/mol. The lowest BCUT2D eigenvalue weighted by molar-refractivity contribution is 0.0320. The minimum absolute atomic E-state index is 0. The lowest BCUT2D eigenvalue weighted by atomic mass is 10.0. The number of nitrogens with zero attached hydrogens (tertiary/aromatic N) is 2. The fourth-order valence-electron chi connectivity index (χ4n) is 2.93. The Kier molecular flexibility index (Phi) is 11.1. The highest BCUT2D eigenvalue weighted by atomic mass is 127. The molecule has 6 heteroatoms. The van der Waals surface area contributed by atoms with Crippen molar-refractivity contribution in [3.8, 4) is 0 Å². The van der Waals surface area contributed by atoms with Crippen molar-refractivity contribution in [2.24, 2.45) is 10.9 Å². The smallest absolute Gasteiger partial charge is 0.191 e. The van der Waals surface area contributed by atoms with E-state index in [0.29, 0.717) is 11.8 Å². The number of nitrogens with one attached hydrogen (secondary N) is 2. The van der Waals surface area contributed by atoms with Crippen molar-refractivity contribution in [1.82, 2.24) is 15.5 Å². The molecule has 142 valence electrons. The van der Waals surface area contributed by atoms with Gasteiger partial charge < -0.3 is 15.4 Å². The minimum Gasteiger partial charge on any atom is -0.379 e. The van der Waals surface area contributed by atoms with Crippen LogP contribution in [0.1, 0.15) is 25.3 Å². The maximum Gasteiger partial charge on any atom is 0.191 e. The molecule has 5 nitrogen and oxygen atoms in total. The van der Waals surface area contributed by atoms with Crippen molar-refractivity contribution >= 4 is 29.9 Å². The Bertz CT molecular complexity index is 491. The topological polar surface area (TPSA) is 48.9 Å². The maximum absolute atomic E-state index is 5.40. The number of hydrogen-bond acceptors (Lipinski definition) is 3. The van der Waals surface area contributed by atoms with Gasteiger partial charge in [-0.25, -0.2) is 0 Å². The number of rotatable bonds is 7. The third-order valence-corrected chi connectivity index (χ3v) is 4.46. The summed E-state index contributed by atoms with van der Waals surface area (Å²) in [6.07, 6.45) is 0. The van der Waals surface area contributed by atoms with Gasteiger partial charge in [-0.1, -0.05) is 44.2 Å². The molecule has 1 heterocycles. The molecular formula is C19H33IN4O. The summed E-state index contributed by atoms with van der Waals surface area (Å²) in [4.78, 5) is 6.81. The van der Waals surface area contributed by atoms with Crippen LogP contribution in [0.15, 0.2) is 35.3 Å². The van der Waals surface area contributed by atoms with Crippen molar-refractivity contribution in [2.75, 3.05) is 53.0 Å². The van der Waals surface area contributed by atoms with Crippen LogP contribution in [0.5, 0.6) is 0 Å². The number of guanidine groups is 1. The normalized spacial score (nSPS) is 18.1. The first-order chi connectivity index (χ1) is 11.7. The van der Waals surface area contributed by atoms with Gasteiger partial charge in [-0.2, -0.15) is 0 Å². The highest BCUT2D eigenvalue weighted by molar-refractivity contribution is 14.0. The van der Waals surface area contributed by atoms with Gasteiger partial charge in [0, 0.05) is 39.8 Å². The second kappa shape index (κ2) is 12.5. The summed E-state index contributed by atoms with van der Waals surface area (Å²) < 4.78 is 5.40. The maximum atomic E-state index is 5.40. The van der Waals surface area contributed by atoms with E-state index in [0.717, 1.165) is 51.9 Å². The zero-order chi connectivity index (χ0) is 17.2. The van der Waals surface area contributed by atoms with E-state index >= 15 is 0 Å². The summed E-state index contributed by atoms with van der Waals surface area (Å²) in [7, 11) is 1.83. The Morgan fingerprint density at radius 1 is 1.12 bits per heavy atom. The Labute approximate surface area is 169 Å². The number of hydrogen-bond donors (Lipinski definition) is 2. The van der Waals surface area contributed by atoms with Crippen molar-refractivity contribution in [3.63, 3.8) is 0 Å². The van der Waals surface area contributed by atoms with Gasteiger partial charge >= 0.3 is 0 Å². The van der Waals surface area contributed by atoms with Crippen LogP contribution >= 0.6 is 24.0 Å². The first-order valence-corrected chi connectivity index (χ1v) is 8.98. The Morgan fingerprint density at radius 2 is 1.76 bits per heavy atom. The molecule has 1 fully saturated rings. The monoisotopic (exact) mass is 460 g/mol. The standard InChI is InChI=1S/C19H32N4O.HI/c1-16(15-23-9-11-24-12-10-23)13-21-19(20-3)22-14-17(2)18-7-5-4-6-8-18;/h4-8,16-17H,9-15H2,1-3H3,(H2,20,21,22);1H. The SMILES string of the molecule is CN=C(NCC(C)CN1CCOCC1)NCC(C)c1ccccc1.I. The van der Waals surface area contributed by atoms with Crippen LogP contribution in [-0.4, -0.2) is 63.8 Å². The molecule has 2 unspecified atom stereocenters. The van der Waals surface area contributed by atoms with E-state index in [9.17, 15) is 0 Å². The Morgan fingerprint density at radius 3 is 2.40 bits per heavy atom. The van der Waals surface area contributed by atoms with Crippen LogP contribution in [-0.2, 0) is 4.74 Å². The van der Waals surface area contributed by atoms with E-state index in [4.69, 9.17) is 4.74 Å². The minimum atomic E-state index is 0. The molecule has 1 saturated heterocycles. The lowest BCUT2D eigenvalue weighted by Crippen LogP contribution is -2.44. The van der Waals surface area contributed by atoms with Crippen molar-refractivity contribution < 1.29 is 4.74 Å². The second-order valence-electron chi connectivity index (χ2n) is 6.66. The van der Waals surface area contributed by atoms with Crippen LogP contribution in [0.3, 0.4) is 0 Å². The van der Waals surface area contributed by atoms with Crippen LogP contribution in [0.25, 0.3) is 0 Å². The molecule has 1 aliphatic rings. The summed E-state index contributed by atoms with van der Waals surface area (Å²) in [5.74, 6) is 1.91. The molecule has 1 aromatic carbocycles. The molecule has 2 atom stereocenters. The van der Waals surface area contributed by atoms with Crippen LogP contribution in [0.2, 0.25) is 0 Å². The first-order valence-electron chi connectivity index (χ1n) is 8.98. The molecule has 0 amide bonds. The molecule has 0 spiro atoms. The van der Waals surface area contributed by atoms with Crippen molar-refractivity contribution in [2.45, 2.75) is 19.8 Å². The van der Waals surface area contributed by atoms with Crippen LogP contribution in [0, 0.1) is 5.92 Å². The fraction of sp³-hybridized carbons (Fsp3) is 0.632. The van der Waals surface area contributed by atoms with E-state index in [-0.39, 0.29) is 24.0 Å². The van der Waals surface area contributed by atoms with Gasteiger partial charge in [-0.15, -0.1) is 24.0 Å². The number of halogens is 1. The summed E-state index contributed by atoms with van der Waals surface area (Å²) in [5, 5.41) is 6.88. The van der Waals surface area contributed by atoms with Gasteiger partial charge in [0.15, 0.2) is 5.96 Å². The fourth-order valence-corrected chi connectivity index (χ4v) is 2.93. The Hall–Kier alpha value is -0.860. The molecule has 0 aliphatic carbocycles. The van der Waals surface area contributed by atoms with E-state index in [2.05, 4.69) is 64.7 Å². The third-order valence-electron chi connectivity index (χ3n) is 4.46. The zero-order valence-corrected chi connectivity index (χ0v) is 18.0. The molecule has 0 aromatic heterocycles. The van der Waals surface area contributed by atoms with E-state index < -0.39 is 0 Å². The van der Waals surface area contributed by atoms with Crippen molar-refractivity contribution in [1.29, 1.82) is 0 Å². The van der Waals surface area contributed by atoms with Gasteiger partial charge in [0.25, 0.3) is 0 Å². The molecule has 25 heavy (non-hydrogen) atoms. The molecule has 0 bridgehead atoms. The largest absolute Gasteiger partial charge is 0.379 e. The quantitative estimate of drug-likeness (QED) is 0.373. The number of aliphatic imine (C=N–C) groups is 1. The van der Waals surface area contributed by atoms with Gasteiger partial charge in [0.1, 0.15) is 0 Å². The first kappa shape index (κ1) is 22.2. The summed E-state index contributed by atoms with van der Waals surface area (Å²) in [6.45, 7) is 11.2.